The van der Waals surface area contributed by atoms with E-state index in [2.05, 4.69) is 49.1 Å². The molecular weight excluding hydrogens is 877 g/mol. The Morgan fingerprint density at radius 3 is 1.57 bits per heavy atom. The molecule has 16 heteroatoms. The number of nitrogens with one attached hydrogen (secondary N) is 3. The second-order valence-electron chi connectivity index (χ2n) is 18.7. The van der Waals surface area contributed by atoms with Crippen LogP contribution in [0.2, 0.25) is 0 Å². The van der Waals surface area contributed by atoms with E-state index in [0.29, 0.717) is 84.2 Å². The molecule has 0 aliphatic carbocycles. The molecule has 2 aliphatic rings. The smallest absolute Gasteiger partial charge is 0.410 e. The van der Waals surface area contributed by atoms with Gasteiger partial charge < -0.3 is 53.3 Å². The van der Waals surface area contributed by atoms with Gasteiger partial charge in [0.25, 0.3) is 0 Å². The molecule has 360 valence electrons. The lowest BCUT2D eigenvalue weighted by Crippen LogP contribution is -2.42. The van der Waals surface area contributed by atoms with E-state index >= 15 is 0 Å². The van der Waals surface area contributed by atoms with Crippen molar-refractivity contribution in [3.05, 3.63) is 96.8 Å². The average molecular weight is 937 g/mol. The number of aromatic amines is 2. The van der Waals surface area contributed by atoms with Crippen molar-refractivity contribution in [2.75, 3.05) is 53.6 Å². The van der Waals surface area contributed by atoms with E-state index in [1.54, 1.807) is 19.1 Å². The van der Waals surface area contributed by atoms with Crippen LogP contribution in [0, 0.1) is 25.7 Å². The van der Waals surface area contributed by atoms with E-state index in [9.17, 15) is 4.79 Å². The first kappa shape index (κ1) is 46.8. The van der Waals surface area contributed by atoms with Gasteiger partial charge in [-0.15, -0.1) is 0 Å². The number of aryl methyl sites for hydroxylation is 2. The molecule has 2 saturated heterocycles. The summed E-state index contributed by atoms with van der Waals surface area (Å²) in [5, 5.41) is 7.12. The fourth-order valence-corrected chi connectivity index (χ4v) is 8.69. The van der Waals surface area contributed by atoms with Crippen LogP contribution < -0.4 is 33.7 Å². The molecule has 1 amide bonds. The summed E-state index contributed by atoms with van der Waals surface area (Å²) in [6.45, 7) is 14.4. The summed E-state index contributed by atoms with van der Waals surface area (Å²) in [5.74, 6) is 5.77. The lowest BCUT2D eigenvalue weighted by molar-refractivity contribution is 0.0164. The summed E-state index contributed by atoms with van der Waals surface area (Å²) >= 11 is 0. The quantitative estimate of drug-likeness (QED) is 0.105. The minimum absolute atomic E-state index is 0.256. The SMILES string of the molecule is COc1cc2c(Oc3ccc4[nH]cc(C)c4c3)ncnc2cc1OCC1CCN(C(=O)OC(C)(C)C)CC1.COc1cc2c(Oc3ccc4[nH]cc(C)c4c3)ncnc2cc1OCC1CCNCC1. The highest BCUT2D eigenvalue weighted by molar-refractivity contribution is 5.89. The topological polar surface area (TPSA) is 180 Å². The predicted octanol–water partition coefficient (Wildman–Crippen LogP) is 10.8. The highest BCUT2D eigenvalue weighted by atomic mass is 16.6. The Bertz CT molecular complexity index is 3080. The van der Waals surface area contributed by atoms with Gasteiger partial charge in [-0.1, -0.05) is 0 Å². The second-order valence-corrected chi connectivity index (χ2v) is 18.7. The monoisotopic (exact) mass is 936 g/mol. The number of H-pyrrole nitrogens is 2. The zero-order valence-electron chi connectivity index (χ0n) is 40.3. The van der Waals surface area contributed by atoms with Crippen LogP contribution in [0.25, 0.3) is 43.6 Å². The number of hydrogen-bond donors (Lipinski definition) is 3. The van der Waals surface area contributed by atoms with E-state index in [0.717, 1.165) is 88.2 Å². The maximum absolute atomic E-state index is 12.3. The fraction of sp³-hybridized carbons (Fsp3) is 0.377. The number of amides is 1. The Balaban J connectivity index is 0.000000175. The number of piperidine rings is 2. The average Bonchev–Trinajstić information content (AvgIpc) is 3.92. The summed E-state index contributed by atoms with van der Waals surface area (Å²) in [6.07, 6.45) is 10.7. The van der Waals surface area contributed by atoms with Crippen molar-refractivity contribution in [1.29, 1.82) is 0 Å². The molecule has 2 aliphatic heterocycles. The summed E-state index contributed by atoms with van der Waals surface area (Å²) in [6, 6.07) is 19.4. The van der Waals surface area contributed by atoms with Crippen LogP contribution in [0.4, 0.5) is 4.79 Å². The number of ether oxygens (including phenoxy) is 7. The highest BCUT2D eigenvalue weighted by Gasteiger charge is 2.28. The van der Waals surface area contributed by atoms with Gasteiger partial charge in [-0.3, -0.25) is 0 Å². The molecule has 0 radical (unpaired) electrons. The first-order valence-electron chi connectivity index (χ1n) is 23.5. The number of carbonyl (C=O) groups is 1. The normalized spacial score (nSPS) is 14.7. The lowest BCUT2D eigenvalue weighted by Gasteiger charge is -2.33. The molecule has 0 saturated carbocycles. The van der Waals surface area contributed by atoms with Crippen molar-refractivity contribution in [3.63, 3.8) is 0 Å². The molecule has 8 aromatic rings. The number of hydrogen-bond acceptors (Lipinski definition) is 13. The zero-order chi connectivity index (χ0) is 48.1. The molecule has 0 atom stereocenters. The summed E-state index contributed by atoms with van der Waals surface area (Å²) < 4.78 is 41.4. The largest absolute Gasteiger partial charge is 0.493 e. The van der Waals surface area contributed by atoms with Gasteiger partial charge in [-0.2, -0.15) is 0 Å². The molecule has 0 unspecified atom stereocenters. The van der Waals surface area contributed by atoms with E-state index in [1.165, 1.54) is 18.2 Å². The molecule has 16 nitrogen and oxygen atoms in total. The van der Waals surface area contributed by atoms with Crippen LogP contribution >= 0.6 is 0 Å². The molecule has 6 heterocycles. The number of benzene rings is 4. The third-order valence-electron chi connectivity index (χ3n) is 12.6. The predicted molar refractivity (Wildman–Crippen MR) is 266 cm³/mol. The maximum atomic E-state index is 12.3. The first-order chi connectivity index (χ1) is 33.4. The molecule has 3 N–H and O–H groups in total. The minimum Gasteiger partial charge on any atom is -0.493 e. The van der Waals surface area contributed by atoms with E-state index in [-0.39, 0.29) is 6.09 Å². The summed E-state index contributed by atoms with van der Waals surface area (Å²) in [7, 11) is 3.26. The molecule has 4 aromatic heterocycles. The highest BCUT2D eigenvalue weighted by Crippen LogP contribution is 2.39. The van der Waals surface area contributed by atoms with Crippen LogP contribution in [0.3, 0.4) is 0 Å². The van der Waals surface area contributed by atoms with Crippen LogP contribution in [0.1, 0.15) is 57.6 Å². The Labute approximate surface area is 401 Å². The van der Waals surface area contributed by atoms with Crippen molar-refractivity contribution in [2.45, 2.75) is 65.9 Å². The third-order valence-corrected chi connectivity index (χ3v) is 12.6. The van der Waals surface area contributed by atoms with Crippen LogP contribution in [-0.2, 0) is 4.74 Å². The van der Waals surface area contributed by atoms with Gasteiger partial charge in [-0.05, 0) is 145 Å². The number of fused-ring (bicyclic) bond motifs is 4. The van der Waals surface area contributed by atoms with Crippen molar-refractivity contribution in [2.24, 2.45) is 11.8 Å². The number of methoxy groups -OCH3 is 2. The summed E-state index contributed by atoms with van der Waals surface area (Å²) in [5.41, 5.74) is 5.42. The second kappa shape index (κ2) is 20.5. The number of aromatic nitrogens is 6. The number of likely N-dealkylation sites (tertiary alicyclic amines) is 1. The third kappa shape index (κ3) is 11.0. The number of carbonyl (C=O) groups excluding carboxylic acids is 1. The van der Waals surface area contributed by atoms with Gasteiger partial charge in [0.15, 0.2) is 23.0 Å². The Hall–Kier alpha value is -7.33. The van der Waals surface area contributed by atoms with E-state index < -0.39 is 5.60 Å². The van der Waals surface area contributed by atoms with Crippen molar-refractivity contribution >= 4 is 49.7 Å². The van der Waals surface area contributed by atoms with Gasteiger partial charge in [0, 0.05) is 59.4 Å². The van der Waals surface area contributed by atoms with Crippen molar-refractivity contribution < 1.29 is 38.0 Å². The number of nitrogens with zero attached hydrogens (tertiary/aromatic N) is 5. The van der Waals surface area contributed by atoms with Crippen LogP contribution in [0.5, 0.6) is 46.3 Å². The maximum Gasteiger partial charge on any atom is 0.410 e. The van der Waals surface area contributed by atoms with Gasteiger partial charge in [0.05, 0.1) is 49.2 Å². The Morgan fingerprint density at radius 2 is 1.10 bits per heavy atom. The van der Waals surface area contributed by atoms with Crippen molar-refractivity contribution in [1.82, 2.24) is 40.1 Å². The standard InChI is InChI=1S/C29H34N4O5.C24H26N4O3/c1-18-15-30-23-7-6-20(12-21(18)23)37-27-22-13-25(35-5)26(14-24(22)31-17-32-27)36-16-19-8-10-33(11-9-19)28(34)38-29(2,3)4;1-15-12-26-20-4-3-17(9-18(15)20)31-24-19-10-22(29-2)23(11-21(19)27-14-28-24)30-13-16-5-7-25-8-6-16/h6-7,12-15,17,19,30H,8-11,16H2,1-5H3;3-4,9-12,14,16,25-26H,5-8,13H2,1-2H3. The van der Waals surface area contributed by atoms with Gasteiger partial charge >= 0.3 is 6.09 Å². The van der Waals surface area contributed by atoms with Crippen LogP contribution in [-0.4, -0.2) is 100 Å². The van der Waals surface area contributed by atoms with Gasteiger partial charge in [-0.25, -0.2) is 24.7 Å². The van der Waals surface area contributed by atoms with Crippen LogP contribution in [0.15, 0.2) is 85.7 Å². The minimum atomic E-state index is -0.493. The molecule has 10 rings (SSSR count). The Morgan fingerprint density at radius 1 is 0.623 bits per heavy atom. The molecule has 0 spiro atoms. The van der Waals surface area contributed by atoms with Gasteiger partial charge in [0.1, 0.15) is 29.8 Å². The van der Waals surface area contributed by atoms with E-state index in [1.807, 2.05) is 93.8 Å². The van der Waals surface area contributed by atoms with Gasteiger partial charge in [0.2, 0.25) is 11.8 Å². The zero-order valence-corrected chi connectivity index (χ0v) is 40.3. The molecular formula is C53H60N8O8. The molecule has 69 heavy (non-hydrogen) atoms. The molecule has 2 fully saturated rings. The molecule has 0 bridgehead atoms. The molecule has 4 aromatic carbocycles. The Kier molecular flexibility index (Phi) is 13.9. The van der Waals surface area contributed by atoms with Crippen molar-refractivity contribution in [3.8, 4) is 46.3 Å². The summed E-state index contributed by atoms with van der Waals surface area (Å²) in [4.78, 5) is 38.2. The number of rotatable bonds is 12. The van der Waals surface area contributed by atoms with E-state index in [4.69, 9.17) is 33.2 Å². The first-order valence-corrected chi connectivity index (χ1v) is 23.5. The fourth-order valence-electron chi connectivity index (χ4n) is 8.69. The lowest BCUT2D eigenvalue weighted by atomic mass is 9.98.